The van der Waals surface area contributed by atoms with E-state index < -0.39 is 0 Å². The van der Waals surface area contributed by atoms with Crippen molar-refractivity contribution in [2.45, 2.75) is 13.0 Å². The van der Waals surface area contributed by atoms with Crippen LogP contribution in [0.3, 0.4) is 0 Å². The van der Waals surface area contributed by atoms with E-state index >= 15 is 0 Å². The first kappa shape index (κ1) is 16.8. The molecular formula is C21H21NO3. The maximum absolute atomic E-state index is 12.8. The van der Waals surface area contributed by atoms with Crippen LogP contribution < -0.4 is 14.8 Å². The average Bonchev–Trinajstić information content (AvgIpc) is 2.66. The highest BCUT2D eigenvalue weighted by molar-refractivity contribution is 6.01. The first-order valence-corrected chi connectivity index (χ1v) is 8.14. The largest absolute Gasteiger partial charge is 0.497 e. The lowest BCUT2D eigenvalue weighted by Crippen LogP contribution is -2.27. The van der Waals surface area contributed by atoms with E-state index in [9.17, 15) is 4.79 Å². The van der Waals surface area contributed by atoms with Gasteiger partial charge in [0.2, 0.25) is 0 Å². The number of hydrogen-bond acceptors (Lipinski definition) is 3. The third-order valence-electron chi connectivity index (χ3n) is 4.28. The van der Waals surface area contributed by atoms with Gasteiger partial charge in [-0.25, -0.2) is 0 Å². The van der Waals surface area contributed by atoms with Gasteiger partial charge in [0.25, 0.3) is 5.91 Å². The van der Waals surface area contributed by atoms with Gasteiger partial charge in [-0.15, -0.1) is 0 Å². The smallest absolute Gasteiger partial charge is 0.255 e. The SMILES string of the molecule is COc1ccc(C(C)NC(=O)c2cc3ccccc3cc2OC)cc1. The predicted molar refractivity (Wildman–Crippen MR) is 99.4 cm³/mol. The van der Waals surface area contributed by atoms with Gasteiger partial charge in [0, 0.05) is 0 Å². The molecule has 0 spiro atoms. The van der Waals surface area contributed by atoms with E-state index in [0.717, 1.165) is 22.1 Å². The number of benzene rings is 3. The molecule has 3 aromatic carbocycles. The molecule has 25 heavy (non-hydrogen) atoms. The van der Waals surface area contributed by atoms with Crippen molar-refractivity contribution in [2.75, 3.05) is 14.2 Å². The molecule has 0 saturated carbocycles. The fraction of sp³-hybridized carbons (Fsp3) is 0.190. The normalized spacial score (nSPS) is 11.8. The van der Waals surface area contributed by atoms with Crippen LogP contribution in [0, 0.1) is 0 Å². The average molecular weight is 335 g/mol. The molecule has 0 aliphatic rings. The van der Waals surface area contributed by atoms with Crippen molar-refractivity contribution in [1.82, 2.24) is 5.32 Å². The lowest BCUT2D eigenvalue weighted by Gasteiger charge is -2.16. The van der Waals surface area contributed by atoms with E-state index in [1.54, 1.807) is 14.2 Å². The molecule has 0 saturated heterocycles. The summed E-state index contributed by atoms with van der Waals surface area (Å²) in [7, 11) is 3.21. The Balaban J connectivity index is 1.85. The van der Waals surface area contributed by atoms with Crippen LogP contribution in [-0.4, -0.2) is 20.1 Å². The van der Waals surface area contributed by atoms with Crippen LogP contribution in [0.2, 0.25) is 0 Å². The molecule has 0 aliphatic carbocycles. The quantitative estimate of drug-likeness (QED) is 0.754. The van der Waals surface area contributed by atoms with E-state index in [1.807, 2.05) is 67.6 Å². The summed E-state index contributed by atoms with van der Waals surface area (Å²) in [6, 6.07) is 19.2. The van der Waals surface area contributed by atoms with Crippen LogP contribution in [0.5, 0.6) is 11.5 Å². The van der Waals surface area contributed by atoms with Crippen molar-refractivity contribution in [3.63, 3.8) is 0 Å². The monoisotopic (exact) mass is 335 g/mol. The maximum atomic E-state index is 12.8. The number of hydrogen-bond donors (Lipinski definition) is 1. The zero-order chi connectivity index (χ0) is 17.8. The van der Waals surface area contributed by atoms with Crippen molar-refractivity contribution in [3.8, 4) is 11.5 Å². The van der Waals surface area contributed by atoms with E-state index in [4.69, 9.17) is 9.47 Å². The Kier molecular flexibility index (Phi) is 4.89. The molecule has 1 atom stereocenters. The Bertz CT molecular complexity index is 887. The molecule has 0 bridgehead atoms. The summed E-state index contributed by atoms with van der Waals surface area (Å²) < 4.78 is 10.6. The van der Waals surface area contributed by atoms with Crippen molar-refractivity contribution >= 4 is 16.7 Å². The van der Waals surface area contributed by atoms with E-state index in [0.29, 0.717) is 11.3 Å². The molecule has 0 fully saturated rings. The third-order valence-corrected chi connectivity index (χ3v) is 4.28. The number of carbonyl (C=O) groups excluding carboxylic acids is 1. The fourth-order valence-corrected chi connectivity index (χ4v) is 2.82. The van der Waals surface area contributed by atoms with Crippen molar-refractivity contribution < 1.29 is 14.3 Å². The van der Waals surface area contributed by atoms with Gasteiger partial charge >= 0.3 is 0 Å². The minimum Gasteiger partial charge on any atom is -0.497 e. The molecular weight excluding hydrogens is 314 g/mol. The van der Waals surface area contributed by atoms with Gasteiger partial charge < -0.3 is 14.8 Å². The lowest BCUT2D eigenvalue weighted by atomic mass is 10.0. The summed E-state index contributed by atoms with van der Waals surface area (Å²) in [5.74, 6) is 1.20. The molecule has 4 nitrogen and oxygen atoms in total. The van der Waals surface area contributed by atoms with Gasteiger partial charge in [-0.05, 0) is 47.5 Å². The Morgan fingerprint density at radius 1 is 0.920 bits per heavy atom. The summed E-state index contributed by atoms with van der Waals surface area (Å²) in [6.45, 7) is 1.95. The highest BCUT2D eigenvalue weighted by Gasteiger charge is 2.16. The van der Waals surface area contributed by atoms with Crippen LogP contribution in [0.4, 0.5) is 0 Å². The number of carbonyl (C=O) groups is 1. The molecule has 0 heterocycles. The first-order chi connectivity index (χ1) is 12.1. The zero-order valence-electron chi connectivity index (χ0n) is 14.6. The maximum Gasteiger partial charge on any atom is 0.255 e. The summed E-state index contributed by atoms with van der Waals surface area (Å²) in [5.41, 5.74) is 1.54. The van der Waals surface area contributed by atoms with Gasteiger partial charge in [0.15, 0.2) is 0 Å². The van der Waals surface area contributed by atoms with Crippen LogP contribution in [-0.2, 0) is 0 Å². The molecule has 0 aromatic heterocycles. The van der Waals surface area contributed by atoms with Crippen molar-refractivity contribution in [1.29, 1.82) is 0 Å². The second-order valence-electron chi connectivity index (χ2n) is 5.87. The van der Waals surface area contributed by atoms with Crippen LogP contribution >= 0.6 is 0 Å². The number of amides is 1. The third kappa shape index (κ3) is 3.58. The molecule has 4 heteroatoms. The van der Waals surface area contributed by atoms with E-state index in [-0.39, 0.29) is 11.9 Å². The molecule has 1 amide bonds. The summed E-state index contributed by atoms with van der Waals surface area (Å²) in [5, 5.41) is 5.08. The summed E-state index contributed by atoms with van der Waals surface area (Å²) in [4.78, 5) is 12.8. The Morgan fingerprint density at radius 2 is 1.56 bits per heavy atom. The van der Waals surface area contributed by atoms with E-state index in [1.165, 1.54) is 0 Å². The molecule has 1 N–H and O–H groups in total. The molecule has 128 valence electrons. The number of rotatable bonds is 5. The van der Waals surface area contributed by atoms with Crippen LogP contribution in [0.25, 0.3) is 10.8 Å². The molecule has 0 aliphatic heterocycles. The number of ether oxygens (including phenoxy) is 2. The standard InChI is InChI=1S/C21H21NO3/c1-14(15-8-10-18(24-2)11-9-15)22-21(23)19-12-16-6-4-5-7-17(16)13-20(19)25-3/h4-14H,1-3H3,(H,22,23). The Labute approximate surface area is 147 Å². The van der Waals surface area contributed by atoms with Crippen LogP contribution in [0.15, 0.2) is 60.7 Å². The highest BCUT2D eigenvalue weighted by atomic mass is 16.5. The highest BCUT2D eigenvalue weighted by Crippen LogP contribution is 2.27. The van der Waals surface area contributed by atoms with Gasteiger partial charge in [-0.2, -0.15) is 0 Å². The minimum absolute atomic E-state index is 0.130. The second-order valence-corrected chi connectivity index (χ2v) is 5.87. The van der Waals surface area contributed by atoms with Gasteiger partial charge in [-0.1, -0.05) is 36.4 Å². The molecule has 3 aromatic rings. The first-order valence-electron chi connectivity index (χ1n) is 8.14. The Morgan fingerprint density at radius 3 is 2.16 bits per heavy atom. The van der Waals surface area contributed by atoms with Gasteiger partial charge in [0.05, 0.1) is 25.8 Å². The van der Waals surface area contributed by atoms with Crippen LogP contribution in [0.1, 0.15) is 28.9 Å². The molecule has 0 radical (unpaired) electrons. The van der Waals surface area contributed by atoms with Crippen molar-refractivity contribution in [2.24, 2.45) is 0 Å². The minimum atomic E-state index is -0.161. The second kappa shape index (κ2) is 7.26. The lowest BCUT2D eigenvalue weighted by molar-refractivity contribution is 0.0937. The zero-order valence-corrected chi connectivity index (χ0v) is 14.6. The fourth-order valence-electron chi connectivity index (χ4n) is 2.82. The van der Waals surface area contributed by atoms with Crippen molar-refractivity contribution in [3.05, 3.63) is 71.8 Å². The van der Waals surface area contributed by atoms with Gasteiger partial charge in [0.1, 0.15) is 11.5 Å². The molecule has 3 rings (SSSR count). The Hall–Kier alpha value is -3.01. The predicted octanol–water partition coefficient (Wildman–Crippen LogP) is 4.35. The number of fused-ring (bicyclic) bond motifs is 1. The number of methoxy groups -OCH3 is 2. The topological polar surface area (TPSA) is 47.6 Å². The van der Waals surface area contributed by atoms with Gasteiger partial charge in [-0.3, -0.25) is 4.79 Å². The summed E-state index contributed by atoms with van der Waals surface area (Å²) >= 11 is 0. The number of nitrogens with one attached hydrogen (secondary N) is 1. The molecule has 1 unspecified atom stereocenters. The summed E-state index contributed by atoms with van der Waals surface area (Å²) in [6.07, 6.45) is 0. The van der Waals surface area contributed by atoms with E-state index in [2.05, 4.69) is 5.32 Å².